The highest BCUT2D eigenvalue weighted by atomic mass is 16.4. The molecule has 4 fully saturated rings. The minimum Gasteiger partial charge on any atom is -0.550 e. The average Bonchev–Trinajstić information content (AvgIpc) is 1.96. The molecule has 4 aliphatic rings. The maximum atomic E-state index is 10.8. The summed E-state index contributed by atoms with van der Waals surface area (Å²) in [5.41, 5.74) is 0.160. The van der Waals surface area contributed by atoms with E-state index < -0.39 is 5.97 Å². The van der Waals surface area contributed by atoms with Crippen molar-refractivity contribution in [1.29, 1.82) is 0 Å². The molecule has 0 heterocycles. The van der Waals surface area contributed by atoms with Crippen LogP contribution in [0.4, 0.5) is 0 Å². The molecule has 4 rings (SSSR count). The lowest BCUT2D eigenvalue weighted by molar-refractivity contribution is -0.310. The number of carbonyl (C=O) groups excluding carboxylic acids is 1. The van der Waals surface area contributed by atoms with E-state index in [-0.39, 0.29) is 5.41 Å². The smallest absolute Gasteiger partial charge is 0.0419 e. The number of carbonyl (C=O) groups is 1. The van der Waals surface area contributed by atoms with Crippen molar-refractivity contribution in [2.24, 2.45) is 23.2 Å². The predicted molar refractivity (Wildman–Crippen MR) is 50.2 cm³/mol. The van der Waals surface area contributed by atoms with Gasteiger partial charge in [0.2, 0.25) is 0 Å². The van der Waals surface area contributed by atoms with Gasteiger partial charge in [-0.05, 0) is 68.1 Å². The molecule has 78 valence electrons. The fourth-order valence-electron chi connectivity index (χ4n) is 4.81. The molecule has 0 radical (unpaired) electrons. The van der Waals surface area contributed by atoms with Crippen LogP contribution in [-0.4, -0.2) is 5.97 Å². The summed E-state index contributed by atoms with van der Waals surface area (Å²) in [5.74, 6) is 1.72. The summed E-state index contributed by atoms with van der Waals surface area (Å²) >= 11 is 0. The van der Waals surface area contributed by atoms with Gasteiger partial charge in [0, 0.05) is 5.97 Å². The highest BCUT2D eigenvalue weighted by molar-refractivity contribution is 5.65. The molecule has 4 aliphatic carbocycles. The van der Waals surface area contributed by atoms with E-state index in [1.807, 2.05) is 0 Å². The lowest BCUT2D eigenvalue weighted by atomic mass is 9.49. The zero-order valence-corrected chi connectivity index (χ0v) is 8.50. The van der Waals surface area contributed by atoms with Crippen molar-refractivity contribution in [2.45, 2.75) is 44.9 Å². The Hall–Kier alpha value is -0.530. The molecule has 0 spiro atoms. The van der Waals surface area contributed by atoms with Gasteiger partial charge in [-0.15, -0.1) is 0 Å². The SMILES string of the molecule is O=C([O-])CC12CC3CC(CC(C3)C1)C2. The topological polar surface area (TPSA) is 40.1 Å². The maximum Gasteiger partial charge on any atom is 0.0419 e. The molecule has 0 aromatic rings. The van der Waals surface area contributed by atoms with Crippen LogP contribution in [0.25, 0.3) is 0 Å². The molecule has 14 heavy (non-hydrogen) atoms. The highest BCUT2D eigenvalue weighted by Gasteiger charge is 2.50. The molecular formula is C12H17O2-. The van der Waals surface area contributed by atoms with E-state index in [0.717, 1.165) is 17.8 Å². The normalized spacial score (nSPS) is 49.6. The van der Waals surface area contributed by atoms with Crippen LogP contribution in [0.15, 0.2) is 0 Å². The first kappa shape index (κ1) is 8.75. The first-order valence-corrected chi connectivity index (χ1v) is 5.85. The second kappa shape index (κ2) is 2.74. The fraction of sp³-hybridized carbons (Fsp3) is 0.917. The number of carboxylic acids is 1. The summed E-state index contributed by atoms with van der Waals surface area (Å²) in [7, 11) is 0. The van der Waals surface area contributed by atoms with Crippen LogP contribution in [0, 0.1) is 23.2 Å². The quantitative estimate of drug-likeness (QED) is 0.664. The third-order valence-electron chi connectivity index (χ3n) is 4.68. The molecule has 0 aliphatic heterocycles. The van der Waals surface area contributed by atoms with Gasteiger partial charge in [0.1, 0.15) is 0 Å². The highest BCUT2D eigenvalue weighted by Crippen LogP contribution is 2.61. The Morgan fingerprint density at radius 3 is 1.86 bits per heavy atom. The van der Waals surface area contributed by atoms with E-state index in [1.165, 1.54) is 38.5 Å². The van der Waals surface area contributed by atoms with Crippen LogP contribution in [0.2, 0.25) is 0 Å². The van der Waals surface area contributed by atoms with E-state index in [2.05, 4.69) is 0 Å². The van der Waals surface area contributed by atoms with Crippen LogP contribution >= 0.6 is 0 Å². The van der Waals surface area contributed by atoms with Crippen molar-refractivity contribution in [2.75, 3.05) is 0 Å². The first-order valence-electron chi connectivity index (χ1n) is 5.85. The largest absolute Gasteiger partial charge is 0.550 e. The predicted octanol–water partition coefficient (Wildman–Crippen LogP) is 1.34. The van der Waals surface area contributed by atoms with Crippen LogP contribution in [0.1, 0.15) is 44.9 Å². The van der Waals surface area contributed by atoms with Gasteiger partial charge in [-0.1, -0.05) is 0 Å². The molecule has 0 N–H and O–H groups in total. The summed E-state index contributed by atoms with van der Waals surface area (Å²) < 4.78 is 0. The Kier molecular flexibility index (Phi) is 1.71. The molecule has 0 aromatic carbocycles. The van der Waals surface area contributed by atoms with Crippen LogP contribution in [0.5, 0.6) is 0 Å². The Labute approximate surface area is 84.7 Å². The van der Waals surface area contributed by atoms with Crippen molar-refractivity contribution in [1.82, 2.24) is 0 Å². The molecule has 4 saturated carbocycles. The van der Waals surface area contributed by atoms with Gasteiger partial charge >= 0.3 is 0 Å². The van der Waals surface area contributed by atoms with Gasteiger partial charge in [0.15, 0.2) is 0 Å². The molecule has 2 nitrogen and oxygen atoms in total. The summed E-state index contributed by atoms with van der Waals surface area (Å²) in [6, 6.07) is 0. The summed E-state index contributed by atoms with van der Waals surface area (Å²) in [5, 5.41) is 10.8. The van der Waals surface area contributed by atoms with Gasteiger partial charge in [0.05, 0.1) is 0 Å². The Bertz CT molecular complexity index is 234. The Morgan fingerprint density at radius 2 is 1.50 bits per heavy atom. The van der Waals surface area contributed by atoms with Crippen molar-refractivity contribution in [3.8, 4) is 0 Å². The minimum absolute atomic E-state index is 0.160. The number of rotatable bonds is 2. The van der Waals surface area contributed by atoms with Crippen molar-refractivity contribution < 1.29 is 9.90 Å². The summed E-state index contributed by atoms with van der Waals surface area (Å²) in [6.07, 6.45) is 7.99. The van der Waals surface area contributed by atoms with E-state index >= 15 is 0 Å². The molecule has 0 amide bonds. The zero-order chi connectivity index (χ0) is 9.76. The maximum absolute atomic E-state index is 10.8. The van der Waals surface area contributed by atoms with Gasteiger partial charge in [-0.25, -0.2) is 0 Å². The fourth-order valence-corrected chi connectivity index (χ4v) is 4.81. The van der Waals surface area contributed by atoms with Gasteiger partial charge < -0.3 is 9.90 Å². The minimum atomic E-state index is -0.827. The Morgan fingerprint density at radius 1 is 1.07 bits per heavy atom. The number of hydrogen-bond donors (Lipinski definition) is 0. The third-order valence-corrected chi connectivity index (χ3v) is 4.68. The van der Waals surface area contributed by atoms with Crippen LogP contribution in [-0.2, 0) is 4.79 Å². The molecule has 0 atom stereocenters. The van der Waals surface area contributed by atoms with Crippen molar-refractivity contribution >= 4 is 5.97 Å². The van der Waals surface area contributed by atoms with E-state index in [4.69, 9.17) is 0 Å². The van der Waals surface area contributed by atoms with Crippen molar-refractivity contribution in [3.63, 3.8) is 0 Å². The average molecular weight is 193 g/mol. The van der Waals surface area contributed by atoms with Crippen molar-refractivity contribution in [3.05, 3.63) is 0 Å². The molecule has 0 aromatic heterocycles. The van der Waals surface area contributed by atoms with E-state index in [1.54, 1.807) is 0 Å². The standard InChI is InChI=1S/C12H18O2/c13-11(14)7-12-4-8-1-9(5-12)3-10(2-8)6-12/h8-10H,1-7H2,(H,13,14)/p-1. The lowest BCUT2D eigenvalue weighted by Crippen LogP contribution is -2.48. The molecular weight excluding hydrogens is 176 g/mol. The first-order chi connectivity index (χ1) is 6.65. The van der Waals surface area contributed by atoms with Gasteiger partial charge in [0.25, 0.3) is 0 Å². The second-order valence-corrected chi connectivity index (χ2v) is 5.97. The zero-order valence-electron chi connectivity index (χ0n) is 8.50. The number of aliphatic carboxylic acids is 1. The molecule has 4 bridgehead atoms. The third kappa shape index (κ3) is 1.27. The molecule has 0 unspecified atom stereocenters. The summed E-state index contributed by atoms with van der Waals surface area (Å²) in [6.45, 7) is 0. The van der Waals surface area contributed by atoms with Gasteiger partial charge in [-0.2, -0.15) is 0 Å². The molecule has 2 heteroatoms. The number of hydrogen-bond acceptors (Lipinski definition) is 2. The summed E-state index contributed by atoms with van der Waals surface area (Å²) in [4.78, 5) is 10.8. The van der Waals surface area contributed by atoms with Gasteiger partial charge in [-0.3, -0.25) is 0 Å². The number of carboxylic acid groups (broad SMARTS) is 1. The van der Waals surface area contributed by atoms with E-state index in [9.17, 15) is 9.90 Å². The molecule has 0 saturated heterocycles. The van der Waals surface area contributed by atoms with Crippen LogP contribution < -0.4 is 5.11 Å². The Balaban J connectivity index is 1.83. The lowest BCUT2D eigenvalue weighted by Gasteiger charge is -2.57. The van der Waals surface area contributed by atoms with Crippen LogP contribution in [0.3, 0.4) is 0 Å². The van der Waals surface area contributed by atoms with E-state index in [0.29, 0.717) is 6.42 Å². The second-order valence-electron chi connectivity index (χ2n) is 5.97. The monoisotopic (exact) mass is 193 g/mol.